The molecule has 5 rings (SSSR count). The molecule has 3 aromatic rings. The maximum absolute atomic E-state index is 14.8. The number of ketones is 1. The summed E-state index contributed by atoms with van der Waals surface area (Å²) in [7, 11) is 0. The monoisotopic (exact) mass is 795 g/mol. The molecule has 296 valence electrons. The van der Waals surface area contributed by atoms with E-state index < -0.39 is 29.6 Å². The summed E-state index contributed by atoms with van der Waals surface area (Å²) in [6.45, 7) is 9.85. The Morgan fingerprint density at radius 3 is 2.40 bits per heavy atom. The molecule has 0 radical (unpaired) electrons. The second-order valence-corrected chi connectivity index (χ2v) is 15.4. The molecule has 1 aliphatic carbocycles. The van der Waals surface area contributed by atoms with Crippen molar-refractivity contribution in [2.75, 3.05) is 13.2 Å². The van der Waals surface area contributed by atoms with Crippen molar-refractivity contribution < 1.29 is 33.4 Å². The number of rotatable bonds is 17. The predicted molar refractivity (Wildman–Crippen MR) is 213 cm³/mol. The zero-order valence-electron chi connectivity index (χ0n) is 32.1. The minimum absolute atomic E-state index is 0.0319. The fraction of sp³-hybridized carbons (Fsp3) is 0.512. The number of amides is 2. The first-order chi connectivity index (χ1) is 26.4. The van der Waals surface area contributed by atoms with Gasteiger partial charge in [0.05, 0.1) is 34.6 Å². The van der Waals surface area contributed by atoms with Crippen molar-refractivity contribution in [2.45, 2.75) is 105 Å². The lowest BCUT2D eigenvalue weighted by Crippen LogP contribution is -2.54. The number of nitrogens with one attached hydrogen (secondary N) is 3. The van der Waals surface area contributed by atoms with Crippen LogP contribution in [-0.4, -0.2) is 65.6 Å². The topological polar surface area (TPSA) is 161 Å². The number of hydrogen-bond donors (Lipinski definition) is 3. The number of esters is 1. The van der Waals surface area contributed by atoms with Crippen LogP contribution in [0.2, 0.25) is 10.0 Å². The van der Waals surface area contributed by atoms with E-state index in [4.69, 9.17) is 37.4 Å². The molecule has 2 aliphatic rings. The van der Waals surface area contributed by atoms with Gasteiger partial charge in [-0.15, -0.1) is 5.10 Å². The Hall–Kier alpha value is -4.42. The van der Waals surface area contributed by atoms with Crippen molar-refractivity contribution in [3.8, 4) is 0 Å². The summed E-state index contributed by atoms with van der Waals surface area (Å²) in [6.07, 6.45) is 3.18. The fourth-order valence-electron chi connectivity index (χ4n) is 7.32. The summed E-state index contributed by atoms with van der Waals surface area (Å²) in [5, 5.41) is 16.3. The number of fused-ring (bicyclic) bond motifs is 3. The number of carbonyl (C=O) groups is 4. The second kappa shape index (κ2) is 18.9. The number of ether oxygens (including phenoxy) is 3. The van der Waals surface area contributed by atoms with Crippen LogP contribution >= 0.6 is 23.2 Å². The van der Waals surface area contributed by atoms with Crippen LogP contribution in [0.3, 0.4) is 0 Å². The molecule has 55 heavy (non-hydrogen) atoms. The number of alkyl carbamates (subject to hydrolysis) is 1. The summed E-state index contributed by atoms with van der Waals surface area (Å²) in [5.74, 6) is -1.40. The smallest absolute Gasteiger partial charge is 0.408 e. The Morgan fingerprint density at radius 2 is 1.73 bits per heavy atom. The van der Waals surface area contributed by atoms with Crippen molar-refractivity contribution in [2.24, 2.45) is 27.5 Å². The maximum atomic E-state index is 14.8. The van der Waals surface area contributed by atoms with Gasteiger partial charge in [0.1, 0.15) is 18.9 Å². The van der Waals surface area contributed by atoms with Crippen molar-refractivity contribution in [1.82, 2.24) is 15.6 Å². The molecule has 0 saturated heterocycles. The highest BCUT2D eigenvalue weighted by Gasteiger charge is 2.44. The SMILES string of the molecule is CCOC(=O)C1=NN=C([C@@H](NC(=O)[C@]2(CCCC(=O)[C@@H](NC(=O)OCc3ccccc3)C(C)CC)CCc3[nH]c4c(Cl)cc(Cl)cc4c3C2)C(C)CC)CO1. The second-order valence-electron chi connectivity index (χ2n) is 14.6. The van der Waals surface area contributed by atoms with Crippen LogP contribution in [0, 0.1) is 17.3 Å². The fourth-order valence-corrected chi connectivity index (χ4v) is 7.86. The van der Waals surface area contributed by atoms with Crippen molar-refractivity contribution in [3.05, 3.63) is 69.3 Å². The molecule has 2 amide bonds. The number of carbonyl (C=O) groups excluding carboxylic acids is 4. The number of aromatic amines is 1. The molecule has 0 spiro atoms. The molecule has 1 aromatic heterocycles. The van der Waals surface area contributed by atoms with Gasteiger partial charge >= 0.3 is 18.0 Å². The Morgan fingerprint density at radius 1 is 0.982 bits per heavy atom. The normalized spacial score (nSPS) is 18.7. The largest absolute Gasteiger partial charge is 0.465 e. The van der Waals surface area contributed by atoms with Gasteiger partial charge < -0.3 is 29.8 Å². The highest BCUT2D eigenvalue weighted by molar-refractivity contribution is 6.38. The molecular weight excluding hydrogens is 745 g/mol. The van der Waals surface area contributed by atoms with Crippen LogP contribution in [0.1, 0.15) is 90.0 Å². The Labute approximate surface area is 332 Å². The predicted octanol–water partition coefficient (Wildman–Crippen LogP) is 7.91. The van der Waals surface area contributed by atoms with Crippen molar-refractivity contribution in [3.63, 3.8) is 0 Å². The third kappa shape index (κ3) is 10.1. The van der Waals surface area contributed by atoms with Crippen LogP contribution < -0.4 is 10.6 Å². The van der Waals surface area contributed by atoms with E-state index in [9.17, 15) is 19.2 Å². The molecule has 2 unspecified atom stereocenters. The van der Waals surface area contributed by atoms with Gasteiger partial charge in [-0.3, -0.25) is 9.59 Å². The van der Waals surface area contributed by atoms with E-state index >= 15 is 0 Å². The first-order valence-electron chi connectivity index (χ1n) is 19.1. The van der Waals surface area contributed by atoms with Crippen LogP contribution in [0.5, 0.6) is 0 Å². The van der Waals surface area contributed by atoms with Gasteiger partial charge in [0, 0.05) is 22.5 Å². The average molecular weight is 797 g/mol. The Bertz CT molecular complexity index is 1930. The molecule has 0 fully saturated rings. The van der Waals surface area contributed by atoms with E-state index in [0.29, 0.717) is 54.3 Å². The molecular formula is C41H51Cl2N5O7. The summed E-state index contributed by atoms with van der Waals surface area (Å²) in [6, 6.07) is 11.6. The quantitative estimate of drug-likeness (QED) is 0.117. The number of aryl methyl sites for hydroxylation is 1. The van der Waals surface area contributed by atoms with E-state index in [1.807, 2.05) is 64.1 Å². The molecule has 0 bridgehead atoms. The molecule has 5 atom stereocenters. The Kier molecular flexibility index (Phi) is 14.4. The number of hydrogen-bond acceptors (Lipinski definition) is 9. The molecule has 12 nitrogen and oxygen atoms in total. The van der Waals surface area contributed by atoms with Gasteiger partial charge in [-0.2, -0.15) is 5.10 Å². The third-order valence-electron chi connectivity index (χ3n) is 10.9. The lowest BCUT2D eigenvalue weighted by Gasteiger charge is -2.38. The number of nitrogens with zero attached hydrogens (tertiary/aromatic N) is 2. The summed E-state index contributed by atoms with van der Waals surface area (Å²) < 4.78 is 16.1. The van der Waals surface area contributed by atoms with Gasteiger partial charge in [-0.1, -0.05) is 94.1 Å². The van der Waals surface area contributed by atoms with Crippen LogP contribution in [0.15, 0.2) is 52.7 Å². The minimum atomic E-state index is -0.910. The summed E-state index contributed by atoms with van der Waals surface area (Å²) in [4.78, 5) is 57.1. The highest BCUT2D eigenvalue weighted by Crippen LogP contribution is 2.44. The lowest BCUT2D eigenvalue weighted by atomic mass is 9.68. The number of H-pyrrole nitrogens is 1. The van der Waals surface area contributed by atoms with Crippen LogP contribution in [-0.2, 0) is 48.0 Å². The standard InChI is InChI=1S/C41H51Cl2N5O7/c1-6-24(4)34(32-23-54-37(48-47-32)38(50)53-8-3)45-39(51)41(18-16-31-29(21-41)28-19-27(42)20-30(43)36(28)44-31)17-12-15-33(49)35(25(5)7-2)46-40(52)55-22-26-13-10-9-11-14-26/h9-11,13-14,19-20,24-25,34-35,44H,6-8,12,15-18,21-23H2,1-5H3,(H,45,51)(H,46,52)/t24?,25?,34-,35-,41+/m0/s1. The maximum Gasteiger partial charge on any atom is 0.408 e. The average Bonchev–Trinajstić information content (AvgIpc) is 3.55. The first-order valence-corrected chi connectivity index (χ1v) is 19.9. The third-order valence-corrected chi connectivity index (χ3v) is 11.4. The molecule has 2 heterocycles. The van der Waals surface area contributed by atoms with Crippen LogP contribution in [0.4, 0.5) is 4.79 Å². The summed E-state index contributed by atoms with van der Waals surface area (Å²) in [5.41, 5.74) is 3.16. The first kappa shape index (κ1) is 41.7. The Balaban J connectivity index is 1.38. The van der Waals surface area contributed by atoms with Gasteiger partial charge in [-0.25, -0.2) is 9.59 Å². The van der Waals surface area contributed by atoms with E-state index in [-0.39, 0.29) is 55.7 Å². The summed E-state index contributed by atoms with van der Waals surface area (Å²) >= 11 is 13.1. The van der Waals surface area contributed by atoms with E-state index in [2.05, 4.69) is 25.8 Å². The number of halogens is 2. The number of Topliss-reactive ketones (excluding diaryl/α,β-unsaturated/α-hetero) is 1. The van der Waals surface area contributed by atoms with Gasteiger partial charge in [-0.05, 0) is 74.1 Å². The molecule has 3 N–H and O–H groups in total. The number of benzene rings is 2. The van der Waals surface area contributed by atoms with E-state index in [1.165, 1.54) is 0 Å². The lowest BCUT2D eigenvalue weighted by molar-refractivity contribution is -0.137. The minimum Gasteiger partial charge on any atom is -0.465 e. The number of aromatic nitrogens is 1. The van der Waals surface area contributed by atoms with Crippen molar-refractivity contribution >= 4 is 69.5 Å². The molecule has 2 aromatic carbocycles. The molecule has 14 heteroatoms. The van der Waals surface area contributed by atoms with Crippen molar-refractivity contribution in [1.29, 1.82) is 0 Å². The van der Waals surface area contributed by atoms with Gasteiger partial charge in [0.2, 0.25) is 5.91 Å². The van der Waals surface area contributed by atoms with E-state index in [0.717, 1.165) is 34.1 Å². The van der Waals surface area contributed by atoms with Gasteiger partial charge in [0.25, 0.3) is 0 Å². The highest BCUT2D eigenvalue weighted by atomic mass is 35.5. The van der Waals surface area contributed by atoms with Crippen LogP contribution in [0.25, 0.3) is 10.9 Å². The van der Waals surface area contributed by atoms with E-state index in [1.54, 1.807) is 13.0 Å². The molecule has 1 aliphatic heterocycles. The van der Waals surface area contributed by atoms with Gasteiger partial charge in [0.15, 0.2) is 5.78 Å². The molecule has 0 saturated carbocycles. The zero-order chi connectivity index (χ0) is 39.7. The zero-order valence-corrected chi connectivity index (χ0v) is 33.6.